The maximum atomic E-state index is 10.6. The van der Waals surface area contributed by atoms with Gasteiger partial charge in [0.25, 0.3) is 0 Å². The number of carboxylic acid groups (broad SMARTS) is 1. The summed E-state index contributed by atoms with van der Waals surface area (Å²) in [5.74, 6) is -2.31. The Morgan fingerprint density at radius 3 is 2.43 bits per heavy atom. The van der Waals surface area contributed by atoms with E-state index >= 15 is 0 Å². The van der Waals surface area contributed by atoms with Crippen molar-refractivity contribution in [1.29, 1.82) is 0 Å². The van der Waals surface area contributed by atoms with Crippen LogP contribution in [0.1, 0.15) is 6.92 Å². The summed E-state index contributed by atoms with van der Waals surface area (Å²) < 4.78 is 4.26. The Morgan fingerprint density at radius 1 is 1.57 bits per heavy atom. The number of ether oxygens (including phenoxy) is 1. The van der Waals surface area contributed by atoms with Gasteiger partial charge in [0.15, 0.2) is 6.23 Å². The zero-order valence-electron chi connectivity index (χ0n) is 8.23. The molecule has 14 heavy (non-hydrogen) atoms. The zero-order chi connectivity index (χ0) is 10.4. The van der Waals surface area contributed by atoms with Gasteiger partial charge in [-0.2, -0.15) is 0 Å². The second kappa shape index (κ2) is 8.39. The molecule has 1 atom stereocenters. The van der Waals surface area contributed by atoms with Gasteiger partial charge in [0.05, 0.1) is 13.1 Å². The van der Waals surface area contributed by atoms with E-state index in [2.05, 4.69) is 10.1 Å². The molecule has 74 valence electrons. The molecule has 0 amide bonds. The standard InChI is InChI=1S/C7H11NO5.K/c1-4(3-5(9)13-2)8-6(10)7(11)12;/h3,6,8,10H,1-2H3,(H,11,12);/q;+1/p-1. The van der Waals surface area contributed by atoms with Crippen LogP contribution in [0.2, 0.25) is 0 Å². The molecule has 0 aromatic heterocycles. The normalized spacial score (nSPS) is 12.4. The average Bonchev–Trinajstić information content (AvgIpc) is 2.03. The zero-order valence-corrected chi connectivity index (χ0v) is 11.4. The van der Waals surface area contributed by atoms with E-state index in [0.717, 1.165) is 6.08 Å². The molecule has 0 aliphatic rings. The molecule has 0 aromatic rings. The first-order chi connectivity index (χ1) is 5.97. The maximum absolute atomic E-state index is 10.6. The number of aliphatic hydroxyl groups excluding tert-OH is 1. The van der Waals surface area contributed by atoms with Crippen LogP contribution in [0.5, 0.6) is 0 Å². The molecule has 0 radical (unpaired) electrons. The smallest absolute Gasteiger partial charge is 0.545 e. The van der Waals surface area contributed by atoms with Crippen LogP contribution >= 0.6 is 0 Å². The van der Waals surface area contributed by atoms with E-state index < -0.39 is 18.2 Å². The van der Waals surface area contributed by atoms with Gasteiger partial charge in [-0.15, -0.1) is 0 Å². The molecule has 0 aromatic carbocycles. The Kier molecular flexibility index (Phi) is 9.89. The molecule has 0 saturated heterocycles. The predicted molar refractivity (Wildman–Crippen MR) is 39.9 cm³/mol. The second-order valence-electron chi connectivity index (χ2n) is 2.22. The van der Waals surface area contributed by atoms with Gasteiger partial charge < -0.3 is 25.1 Å². The fourth-order valence-electron chi connectivity index (χ4n) is 0.552. The second-order valence-corrected chi connectivity index (χ2v) is 2.22. The number of hydrogen-bond acceptors (Lipinski definition) is 6. The summed E-state index contributed by atoms with van der Waals surface area (Å²) in [6, 6.07) is 0. The van der Waals surface area contributed by atoms with Crippen LogP contribution in [0, 0.1) is 0 Å². The monoisotopic (exact) mass is 227 g/mol. The van der Waals surface area contributed by atoms with Gasteiger partial charge in [-0.25, -0.2) is 4.79 Å². The molecule has 0 rings (SSSR count). The molecule has 1 unspecified atom stereocenters. The first kappa shape index (κ1) is 16.5. The van der Waals surface area contributed by atoms with Gasteiger partial charge in [-0.1, -0.05) is 0 Å². The van der Waals surface area contributed by atoms with E-state index in [-0.39, 0.29) is 57.1 Å². The van der Waals surface area contributed by atoms with Crippen molar-refractivity contribution in [1.82, 2.24) is 5.32 Å². The van der Waals surface area contributed by atoms with Gasteiger partial charge in [0, 0.05) is 11.8 Å². The van der Waals surface area contributed by atoms with E-state index in [0.29, 0.717) is 0 Å². The molecule has 0 spiro atoms. The number of aliphatic hydroxyl groups is 1. The minimum Gasteiger partial charge on any atom is -0.545 e. The Labute approximate surface area is 124 Å². The van der Waals surface area contributed by atoms with Gasteiger partial charge in [0.2, 0.25) is 0 Å². The first-order valence-electron chi connectivity index (χ1n) is 3.39. The molecule has 2 N–H and O–H groups in total. The third-order valence-electron chi connectivity index (χ3n) is 1.12. The fourth-order valence-corrected chi connectivity index (χ4v) is 0.552. The number of nitrogens with one attached hydrogen (secondary N) is 1. The SMILES string of the molecule is COC(=O)C=C(C)NC(O)C(=O)[O-].[K+]. The van der Waals surface area contributed by atoms with E-state index in [1.54, 1.807) is 0 Å². The fraction of sp³-hybridized carbons (Fsp3) is 0.429. The van der Waals surface area contributed by atoms with Crippen LogP contribution in [0.15, 0.2) is 11.8 Å². The number of methoxy groups -OCH3 is 1. The molecular formula is C7H10KNO5. The quantitative estimate of drug-likeness (QED) is 0.215. The van der Waals surface area contributed by atoms with Gasteiger partial charge in [-0.05, 0) is 6.92 Å². The van der Waals surface area contributed by atoms with Crippen LogP contribution < -0.4 is 61.8 Å². The van der Waals surface area contributed by atoms with E-state index in [1.807, 2.05) is 0 Å². The number of aliphatic carboxylic acids is 1. The number of esters is 1. The summed E-state index contributed by atoms with van der Waals surface area (Å²) >= 11 is 0. The number of carbonyl (C=O) groups is 2. The van der Waals surface area contributed by atoms with Crippen molar-refractivity contribution < 1.29 is 75.9 Å². The summed E-state index contributed by atoms with van der Waals surface area (Å²) in [6.07, 6.45) is -0.826. The Morgan fingerprint density at radius 2 is 2.07 bits per heavy atom. The van der Waals surface area contributed by atoms with Gasteiger partial charge >= 0.3 is 57.4 Å². The summed E-state index contributed by atoms with van der Waals surface area (Å²) in [5, 5.41) is 20.8. The molecule has 0 fully saturated rings. The Hall–Kier alpha value is 0.0764. The van der Waals surface area contributed by atoms with Crippen molar-refractivity contribution in [2.24, 2.45) is 0 Å². The van der Waals surface area contributed by atoms with E-state index in [4.69, 9.17) is 5.11 Å². The summed E-state index contributed by atoms with van der Waals surface area (Å²) in [7, 11) is 1.18. The summed E-state index contributed by atoms with van der Waals surface area (Å²) in [4.78, 5) is 20.6. The van der Waals surface area contributed by atoms with Crippen molar-refractivity contribution in [3.05, 3.63) is 11.8 Å². The molecule has 0 saturated carbocycles. The molecule has 6 nitrogen and oxygen atoms in total. The largest absolute Gasteiger partial charge is 1.00 e. The van der Waals surface area contributed by atoms with Gasteiger partial charge in [0.1, 0.15) is 0 Å². The average molecular weight is 227 g/mol. The van der Waals surface area contributed by atoms with Crippen molar-refractivity contribution in [2.75, 3.05) is 7.11 Å². The number of hydrogen-bond donors (Lipinski definition) is 2. The van der Waals surface area contributed by atoms with Crippen LogP contribution in [0.4, 0.5) is 0 Å². The van der Waals surface area contributed by atoms with Crippen molar-refractivity contribution in [3.8, 4) is 0 Å². The Balaban J connectivity index is 0. The number of allylic oxidation sites excluding steroid dienone is 1. The number of carboxylic acids is 1. The molecule has 0 heterocycles. The first-order valence-corrected chi connectivity index (χ1v) is 3.39. The molecular weight excluding hydrogens is 217 g/mol. The van der Waals surface area contributed by atoms with Crippen molar-refractivity contribution >= 4 is 11.9 Å². The maximum Gasteiger partial charge on any atom is 1.00 e. The molecule has 0 bridgehead atoms. The summed E-state index contributed by atoms with van der Waals surface area (Å²) in [5.41, 5.74) is 0.170. The third-order valence-corrected chi connectivity index (χ3v) is 1.12. The van der Waals surface area contributed by atoms with E-state index in [1.165, 1.54) is 14.0 Å². The van der Waals surface area contributed by atoms with Crippen LogP contribution in [-0.2, 0) is 14.3 Å². The minimum atomic E-state index is -1.83. The van der Waals surface area contributed by atoms with Gasteiger partial charge in [-0.3, -0.25) is 0 Å². The van der Waals surface area contributed by atoms with Crippen LogP contribution in [-0.4, -0.2) is 30.4 Å². The number of rotatable bonds is 4. The molecule has 0 aliphatic carbocycles. The third kappa shape index (κ3) is 7.48. The van der Waals surface area contributed by atoms with Crippen LogP contribution in [0.3, 0.4) is 0 Å². The predicted octanol–water partition coefficient (Wildman–Crippen LogP) is -5.27. The minimum absolute atomic E-state index is 0. The Bertz CT molecular complexity index is 240. The molecule has 0 aliphatic heterocycles. The van der Waals surface area contributed by atoms with Crippen molar-refractivity contribution in [3.63, 3.8) is 0 Å². The number of carbonyl (C=O) groups excluding carboxylic acids is 2. The van der Waals surface area contributed by atoms with Crippen LogP contribution in [0.25, 0.3) is 0 Å². The molecule has 7 heteroatoms. The van der Waals surface area contributed by atoms with Crippen molar-refractivity contribution in [2.45, 2.75) is 13.2 Å². The topological polar surface area (TPSA) is 98.7 Å². The summed E-state index contributed by atoms with van der Waals surface area (Å²) in [6.45, 7) is 1.41. The van der Waals surface area contributed by atoms with E-state index in [9.17, 15) is 14.7 Å².